The highest BCUT2D eigenvalue weighted by Gasteiger charge is 2.49. The van der Waals surface area contributed by atoms with Crippen molar-refractivity contribution >= 4 is 28.5 Å². The summed E-state index contributed by atoms with van der Waals surface area (Å²) in [5, 5.41) is 19.4. The van der Waals surface area contributed by atoms with Crippen LogP contribution in [0, 0.1) is 11.6 Å². The zero-order valence-electron chi connectivity index (χ0n) is 17.7. The number of hydrogen-bond donors (Lipinski definition) is 2. The van der Waals surface area contributed by atoms with Crippen LogP contribution >= 0.6 is 11.8 Å². The average Bonchev–Trinajstić information content (AvgIpc) is 3.16. The number of carbonyl (C=O) groups is 1. The van der Waals surface area contributed by atoms with Gasteiger partial charge in [-0.25, -0.2) is 13.8 Å². The molecule has 0 spiro atoms. The molecule has 2 aromatic rings. The van der Waals surface area contributed by atoms with Gasteiger partial charge in [0.15, 0.2) is 0 Å². The third kappa shape index (κ3) is 4.91. The van der Waals surface area contributed by atoms with E-state index in [1.165, 1.54) is 19.0 Å². The smallest absolute Gasteiger partial charge is 0.272 e. The first-order valence-electron chi connectivity index (χ1n) is 9.94. The first kappa shape index (κ1) is 23.7. The number of nitrogens with zero attached hydrogens (tertiary/aromatic N) is 3. The fraction of sp³-hybridized carbons (Fsp3) is 0.318. The molecule has 1 aliphatic heterocycles. The summed E-state index contributed by atoms with van der Waals surface area (Å²) in [6.07, 6.45) is -0.134. The maximum Gasteiger partial charge on any atom is 0.272 e. The molecular formula is C22H24F2N4O3S. The number of aliphatic hydroxyl groups excluding tert-OH is 1. The summed E-state index contributed by atoms with van der Waals surface area (Å²) in [6.45, 7) is 1.34. The molecule has 32 heavy (non-hydrogen) atoms. The SMILES string of the molecule is CO/N=C(\N)CCCC1(c2ccccc2)SC(c2cc(F)ccc2F)=NN1C(=O)[C@H](C)O. The fourth-order valence-corrected chi connectivity index (χ4v) is 4.85. The van der Waals surface area contributed by atoms with Crippen molar-refractivity contribution in [3.8, 4) is 0 Å². The molecule has 0 aromatic heterocycles. The third-order valence-electron chi connectivity index (χ3n) is 4.91. The minimum Gasteiger partial charge on any atom is -0.398 e. The largest absolute Gasteiger partial charge is 0.398 e. The second-order valence-corrected chi connectivity index (χ2v) is 8.49. The molecule has 10 heteroatoms. The number of thioether (sulfide) groups is 1. The zero-order valence-corrected chi connectivity index (χ0v) is 18.5. The van der Waals surface area contributed by atoms with Gasteiger partial charge in [-0.15, -0.1) is 0 Å². The average molecular weight is 463 g/mol. The van der Waals surface area contributed by atoms with Crippen LogP contribution in [0.1, 0.15) is 37.3 Å². The highest BCUT2D eigenvalue weighted by molar-refractivity contribution is 8.15. The summed E-state index contributed by atoms with van der Waals surface area (Å²) in [5.74, 6) is -1.67. The molecule has 0 fully saturated rings. The van der Waals surface area contributed by atoms with Crippen molar-refractivity contribution in [2.75, 3.05) is 7.11 Å². The van der Waals surface area contributed by atoms with Gasteiger partial charge in [-0.3, -0.25) is 4.79 Å². The molecule has 0 saturated heterocycles. The van der Waals surface area contributed by atoms with Crippen LogP contribution < -0.4 is 5.73 Å². The summed E-state index contributed by atoms with van der Waals surface area (Å²) < 4.78 is 28.4. The molecule has 2 aromatic carbocycles. The molecule has 0 radical (unpaired) electrons. The van der Waals surface area contributed by atoms with E-state index in [9.17, 15) is 18.7 Å². The normalized spacial score (nSPS) is 19.6. The number of nitrogens with two attached hydrogens (primary N) is 1. The fourth-order valence-electron chi connectivity index (χ4n) is 3.42. The Morgan fingerprint density at radius 3 is 2.69 bits per heavy atom. The van der Waals surface area contributed by atoms with Gasteiger partial charge >= 0.3 is 0 Å². The van der Waals surface area contributed by atoms with Crippen molar-refractivity contribution in [3.05, 3.63) is 71.3 Å². The van der Waals surface area contributed by atoms with Crippen molar-refractivity contribution in [3.63, 3.8) is 0 Å². The molecule has 1 aliphatic rings. The summed E-state index contributed by atoms with van der Waals surface area (Å²) in [5.41, 5.74) is 6.49. The van der Waals surface area contributed by atoms with Gasteiger partial charge in [0.05, 0.1) is 0 Å². The molecule has 1 heterocycles. The lowest BCUT2D eigenvalue weighted by Crippen LogP contribution is -2.45. The number of hydrazone groups is 1. The molecule has 7 nitrogen and oxygen atoms in total. The van der Waals surface area contributed by atoms with Gasteiger partial charge < -0.3 is 15.7 Å². The van der Waals surface area contributed by atoms with Crippen LogP contribution in [-0.2, 0) is 14.5 Å². The van der Waals surface area contributed by atoms with Crippen LogP contribution in [0.25, 0.3) is 0 Å². The van der Waals surface area contributed by atoms with Crippen LogP contribution in [0.3, 0.4) is 0 Å². The van der Waals surface area contributed by atoms with Gasteiger partial charge in [-0.2, -0.15) is 5.10 Å². The maximum absolute atomic E-state index is 14.5. The lowest BCUT2D eigenvalue weighted by Gasteiger charge is -2.36. The lowest BCUT2D eigenvalue weighted by molar-refractivity contribution is -0.143. The Bertz CT molecular complexity index is 1030. The van der Waals surface area contributed by atoms with Crippen LogP contribution in [0.5, 0.6) is 0 Å². The van der Waals surface area contributed by atoms with Crippen LogP contribution in [-0.4, -0.2) is 40.1 Å². The van der Waals surface area contributed by atoms with E-state index in [0.717, 1.165) is 35.5 Å². The van der Waals surface area contributed by atoms with Gasteiger partial charge in [0.1, 0.15) is 40.6 Å². The van der Waals surface area contributed by atoms with Crippen molar-refractivity contribution in [2.24, 2.45) is 16.0 Å². The number of benzene rings is 2. The van der Waals surface area contributed by atoms with Gasteiger partial charge in [0, 0.05) is 12.0 Å². The standard InChI is InChI=1S/C22H24F2N4O3S/c1-14(29)21(30)28-22(15-7-4-3-5-8-15,12-6-9-19(25)27-31-2)32-20(26-28)17-13-16(23)10-11-18(17)24/h3-5,7-8,10-11,13-14,29H,6,9,12H2,1-2H3,(H2,25,27)/t14-,22?/m0/s1. The van der Waals surface area contributed by atoms with Crippen LogP contribution in [0.2, 0.25) is 0 Å². The highest BCUT2D eigenvalue weighted by atomic mass is 32.2. The number of halogens is 2. The predicted octanol–water partition coefficient (Wildman–Crippen LogP) is 3.52. The van der Waals surface area contributed by atoms with E-state index in [-0.39, 0.29) is 16.4 Å². The van der Waals surface area contributed by atoms with Gasteiger partial charge in [-0.05, 0) is 43.5 Å². The first-order chi connectivity index (χ1) is 15.3. The number of hydrogen-bond acceptors (Lipinski definition) is 6. The minimum atomic E-state index is -1.35. The van der Waals surface area contributed by atoms with Crippen LogP contribution in [0.4, 0.5) is 8.78 Å². The number of carbonyl (C=O) groups excluding carboxylic acids is 1. The lowest BCUT2D eigenvalue weighted by atomic mass is 9.98. The Morgan fingerprint density at radius 1 is 1.31 bits per heavy atom. The molecule has 1 amide bonds. The number of rotatable bonds is 8. The molecule has 0 aliphatic carbocycles. The Morgan fingerprint density at radius 2 is 2.03 bits per heavy atom. The zero-order chi connectivity index (χ0) is 23.3. The quantitative estimate of drug-likeness (QED) is 0.355. The van der Waals surface area contributed by atoms with Gasteiger partial charge in [0.2, 0.25) is 0 Å². The van der Waals surface area contributed by atoms with Crippen molar-refractivity contribution in [1.82, 2.24) is 5.01 Å². The van der Waals surface area contributed by atoms with E-state index in [1.54, 1.807) is 0 Å². The summed E-state index contributed by atoms with van der Waals surface area (Å²) in [4.78, 5) is 16.6. The third-order valence-corrected chi connectivity index (χ3v) is 6.35. The van der Waals surface area contributed by atoms with Gasteiger partial charge in [0.25, 0.3) is 5.91 Å². The molecule has 3 rings (SSSR count). The number of aliphatic hydroxyl groups is 1. The molecule has 1 unspecified atom stereocenters. The maximum atomic E-state index is 14.5. The topological polar surface area (TPSA) is 101 Å². The van der Waals surface area contributed by atoms with Crippen molar-refractivity contribution < 1.29 is 23.5 Å². The number of amides is 1. The van der Waals surface area contributed by atoms with E-state index in [2.05, 4.69) is 15.1 Å². The van der Waals surface area contributed by atoms with Crippen molar-refractivity contribution in [2.45, 2.75) is 37.2 Å². The molecule has 0 saturated carbocycles. The van der Waals surface area contributed by atoms with E-state index in [1.807, 2.05) is 30.3 Å². The number of oxime groups is 1. The van der Waals surface area contributed by atoms with Gasteiger partial charge in [-0.1, -0.05) is 47.2 Å². The van der Waals surface area contributed by atoms with E-state index in [0.29, 0.717) is 19.3 Å². The molecule has 3 N–H and O–H groups in total. The molecule has 170 valence electrons. The minimum absolute atomic E-state index is 0.0586. The number of amidine groups is 1. The molecular weight excluding hydrogens is 438 g/mol. The second-order valence-electron chi connectivity index (χ2n) is 7.23. The highest BCUT2D eigenvalue weighted by Crippen LogP contribution is 2.51. The Balaban J connectivity index is 2.07. The Kier molecular flexibility index (Phi) is 7.47. The van der Waals surface area contributed by atoms with E-state index >= 15 is 0 Å². The van der Waals surface area contributed by atoms with E-state index < -0.39 is 28.5 Å². The monoisotopic (exact) mass is 462 g/mol. The Labute approximate surface area is 188 Å². The predicted molar refractivity (Wildman–Crippen MR) is 120 cm³/mol. The van der Waals surface area contributed by atoms with Crippen molar-refractivity contribution in [1.29, 1.82) is 0 Å². The summed E-state index contributed by atoms with van der Waals surface area (Å²) >= 11 is 1.13. The molecule has 0 bridgehead atoms. The van der Waals surface area contributed by atoms with E-state index in [4.69, 9.17) is 5.73 Å². The summed E-state index contributed by atoms with van der Waals surface area (Å²) in [7, 11) is 1.39. The van der Waals surface area contributed by atoms with Crippen LogP contribution in [0.15, 0.2) is 58.8 Å². The first-order valence-corrected chi connectivity index (χ1v) is 10.8. The molecule has 2 atom stereocenters. The Hall–Kier alpha value is -2.98. The summed E-state index contributed by atoms with van der Waals surface area (Å²) in [6, 6.07) is 12.2. The second kappa shape index (κ2) is 10.1.